The number of carbonyl (C=O) groups is 3. The van der Waals surface area contributed by atoms with Gasteiger partial charge < -0.3 is 43.3 Å². The van der Waals surface area contributed by atoms with Crippen LogP contribution in [0.15, 0.2) is 35.5 Å². The molecule has 2 rings (SSSR count). The largest absolute Gasteiger partial charge is 0.370 e. The third-order valence-corrected chi connectivity index (χ3v) is 5.49. The second-order valence-corrected chi connectivity index (χ2v) is 8.22. The molecule has 2 aromatic rings. The zero-order valence-corrected chi connectivity index (χ0v) is 19.3. The number of aromatic amines is 1. The summed E-state index contributed by atoms with van der Waals surface area (Å²) in [7, 11) is 0. The van der Waals surface area contributed by atoms with E-state index in [-0.39, 0.29) is 5.96 Å². The lowest BCUT2D eigenvalue weighted by Crippen LogP contribution is -2.53. The van der Waals surface area contributed by atoms with Gasteiger partial charge in [0.25, 0.3) is 0 Å². The number of aromatic nitrogens is 1. The summed E-state index contributed by atoms with van der Waals surface area (Å²) in [6.45, 7) is 0.825. The molecule has 0 aliphatic rings. The highest BCUT2D eigenvalue weighted by molar-refractivity contribution is 5.91. The molecule has 11 N–H and O–H groups in total. The highest BCUT2D eigenvalue weighted by Crippen LogP contribution is 2.18. The van der Waals surface area contributed by atoms with E-state index in [9.17, 15) is 14.4 Å². The zero-order chi connectivity index (χ0) is 24.9. The maximum absolute atomic E-state index is 12.9. The molecule has 0 radical (unpaired) electrons. The molecule has 0 unspecified atom stereocenters. The zero-order valence-electron chi connectivity index (χ0n) is 19.3. The van der Waals surface area contributed by atoms with Gasteiger partial charge in [-0.15, -0.1) is 0 Å². The molecule has 186 valence electrons. The molecule has 0 spiro atoms. The van der Waals surface area contributed by atoms with Crippen LogP contribution in [0.2, 0.25) is 0 Å². The van der Waals surface area contributed by atoms with Gasteiger partial charge in [-0.05, 0) is 56.7 Å². The number of carbonyl (C=O) groups excluding carboxylic acids is 3. The van der Waals surface area contributed by atoms with Crippen LogP contribution in [0.4, 0.5) is 0 Å². The number of hydrogen-bond donors (Lipinski definition) is 7. The number of rotatable bonds is 15. The van der Waals surface area contributed by atoms with Crippen molar-refractivity contribution in [3.8, 4) is 0 Å². The van der Waals surface area contributed by atoms with Gasteiger partial charge in [0, 0.05) is 23.6 Å². The van der Waals surface area contributed by atoms with Crippen LogP contribution in [0.5, 0.6) is 0 Å². The molecule has 1 heterocycles. The SMILES string of the molecule is NCCCC[C@H](NC(=O)[C@@H](N)Cc1c[nH]c2ccccc12)C(=O)N[C@H](C=O)CCCN=C(N)N. The van der Waals surface area contributed by atoms with Crippen LogP contribution in [0.1, 0.15) is 37.7 Å². The van der Waals surface area contributed by atoms with E-state index in [1.54, 1.807) is 0 Å². The molecule has 0 saturated carbocycles. The molecule has 0 saturated heterocycles. The van der Waals surface area contributed by atoms with Gasteiger partial charge in [0.2, 0.25) is 11.8 Å². The highest BCUT2D eigenvalue weighted by Gasteiger charge is 2.25. The Labute approximate surface area is 199 Å². The summed E-state index contributed by atoms with van der Waals surface area (Å²) in [5.41, 5.74) is 24.2. The first-order chi connectivity index (χ1) is 16.3. The summed E-state index contributed by atoms with van der Waals surface area (Å²) in [5, 5.41) is 6.43. The minimum atomic E-state index is -0.842. The van der Waals surface area contributed by atoms with E-state index in [1.165, 1.54) is 0 Å². The van der Waals surface area contributed by atoms with Crippen molar-refractivity contribution in [2.75, 3.05) is 13.1 Å². The van der Waals surface area contributed by atoms with Crippen molar-refractivity contribution in [2.45, 2.75) is 56.7 Å². The van der Waals surface area contributed by atoms with E-state index in [0.717, 1.165) is 16.5 Å². The number of nitrogens with two attached hydrogens (primary N) is 4. The molecule has 34 heavy (non-hydrogen) atoms. The summed E-state index contributed by atoms with van der Waals surface area (Å²) < 4.78 is 0. The normalized spacial score (nSPS) is 13.6. The Morgan fingerprint density at radius 3 is 2.53 bits per heavy atom. The number of para-hydroxylation sites is 1. The van der Waals surface area contributed by atoms with Gasteiger partial charge in [0.15, 0.2) is 5.96 Å². The van der Waals surface area contributed by atoms with Gasteiger partial charge >= 0.3 is 0 Å². The predicted molar refractivity (Wildman–Crippen MR) is 133 cm³/mol. The number of fused-ring (bicyclic) bond motifs is 1. The lowest BCUT2D eigenvalue weighted by Gasteiger charge is -2.22. The minimum Gasteiger partial charge on any atom is -0.370 e. The first-order valence-electron chi connectivity index (χ1n) is 11.5. The highest BCUT2D eigenvalue weighted by atomic mass is 16.2. The lowest BCUT2D eigenvalue weighted by atomic mass is 10.0. The molecule has 3 atom stereocenters. The summed E-state index contributed by atoms with van der Waals surface area (Å²) in [5.74, 6) is -0.907. The average Bonchev–Trinajstić information content (AvgIpc) is 3.22. The van der Waals surface area contributed by atoms with Crippen molar-refractivity contribution >= 4 is 35.0 Å². The van der Waals surface area contributed by atoms with Crippen molar-refractivity contribution in [1.29, 1.82) is 0 Å². The number of hydrogen-bond acceptors (Lipinski definition) is 6. The monoisotopic (exact) mass is 472 g/mol. The topological polar surface area (TPSA) is 208 Å². The van der Waals surface area contributed by atoms with Crippen molar-refractivity contribution in [3.05, 3.63) is 36.0 Å². The Kier molecular flexibility index (Phi) is 11.0. The summed E-state index contributed by atoms with van der Waals surface area (Å²) in [4.78, 5) is 44.2. The molecule has 0 aliphatic carbocycles. The standard InChI is InChI=1S/C23H36N8O3/c24-10-4-3-9-20(22(34)30-16(14-32)6-5-11-28-23(26)27)31-21(33)18(25)12-15-13-29-19-8-2-1-7-17(15)19/h1-2,7-8,13-14,16,18,20,29H,3-6,9-12,24-25H2,(H,30,34)(H,31,33)(H4,26,27,28)/t16-,18-,20-/m0/s1. The molecule has 1 aromatic heterocycles. The molecule has 1 aromatic carbocycles. The third-order valence-electron chi connectivity index (χ3n) is 5.49. The molecular formula is C23H36N8O3. The predicted octanol–water partition coefficient (Wildman–Crippen LogP) is -0.611. The van der Waals surface area contributed by atoms with Crippen molar-refractivity contribution in [2.24, 2.45) is 27.9 Å². The van der Waals surface area contributed by atoms with Crippen molar-refractivity contribution in [1.82, 2.24) is 15.6 Å². The van der Waals surface area contributed by atoms with Crippen LogP contribution in [-0.2, 0) is 20.8 Å². The molecule has 0 aliphatic heterocycles. The van der Waals surface area contributed by atoms with Gasteiger partial charge in [-0.3, -0.25) is 14.6 Å². The maximum atomic E-state index is 12.9. The Bertz CT molecular complexity index is 970. The lowest BCUT2D eigenvalue weighted by molar-refractivity contribution is -0.130. The Hall–Kier alpha value is -3.44. The van der Waals surface area contributed by atoms with Gasteiger partial charge in [-0.25, -0.2) is 0 Å². The van der Waals surface area contributed by atoms with Crippen LogP contribution in [0.3, 0.4) is 0 Å². The fourth-order valence-electron chi connectivity index (χ4n) is 3.65. The first-order valence-corrected chi connectivity index (χ1v) is 11.5. The summed E-state index contributed by atoms with van der Waals surface area (Å²) in [6.07, 6.45) is 5.42. The van der Waals surface area contributed by atoms with E-state index >= 15 is 0 Å². The Balaban J connectivity index is 1.98. The Morgan fingerprint density at radius 1 is 1.06 bits per heavy atom. The molecule has 11 nitrogen and oxygen atoms in total. The van der Waals surface area contributed by atoms with Gasteiger partial charge in [-0.1, -0.05) is 18.2 Å². The fraction of sp³-hybridized carbons (Fsp3) is 0.478. The second-order valence-electron chi connectivity index (χ2n) is 8.22. The van der Waals surface area contributed by atoms with Gasteiger partial charge in [0.05, 0.1) is 12.1 Å². The van der Waals surface area contributed by atoms with E-state index in [2.05, 4.69) is 20.6 Å². The van der Waals surface area contributed by atoms with Crippen LogP contribution in [-0.4, -0.2) is 60.3 Å². The maximum Gasteiger partial charge on any atom is 0.243 e. The smallest absolute Gasteiger partial charge is 0.243 e. The Morgan fingerprint density at radius 2 is 1.82 bits per heavy atom. The number of unbranched alkanes of at least 4 members (excludes halogenated alkanes) is 1. The fourth-order valence-corrected chi connectivity index (χ4v) is 3.65. The van der Waals surface area contributed by atoms with Gasteiger partial charge in [0.1, 0.15) is 12.3 Å². The van der Waals surface area contributed by atoms with Crippen LogP contribution >= 0.6 is 0 Å². The average molecular weight is 473 g/mol. The van der Waals surface area contributed by atoms with Crippen LogP contribution in [0.25, 0.3) is 10.9 Å². The first kappa shape index (κ1) is 26.8. The molecule has 0 fully saturated rings. The molecule has 11 heteroatoms. The number of guanidine groups is 1. The number of H-pyrrole nitrogens is 1. The number of nitrogens with one attached hydrogen (secondary N) is 3. The van der Waals surface area contributed by atoms with Gasteiger partial charge in [-0.2, -0.15) is 0 Å². The van der Waals surface area contributed by atoms with Crippen molar-refractivity contribution < 1.29 is 14.4 Å². The summed E-state index contributed by atoms with van der Waals surface area (Å²) >= 11 is 0. The second kappa shape index (κ2) is 14.0. The number of aliphatic imine (C=N–C) groups is 1. The molecule has 2 amide bonds. The van der Waals surface area contributed by atoms with E-state index in [0.29, 0.717) is 57.9 Å². The molecule has 0 bridgehead atoms. The molecular weight excluding hydrogens is 436 g/mol. The van der Waals surface area contributed by atoms with Crippen molar-refractivity contribution in [3.63, 3.8) is 0 Å². The van der Waals surface area contributed by atoms with E-state index in [1.807, 2.05) is 30.5 Å². The quantitative estimate of drug-likeness (QED) is 0.0773. The van der Waals surface area contributed by atoms with Crippen LogP contribution < -0.4 is 33.6 Å². The minimum absolute atomic E-state index is 0.0293. The van der Waals surface area contributed by atoms with Crippen LogP contribution in [0, 0.1) is 0 Å². The van der Waals surface area contributed by atoms with E-state index < -0.39 is 29.9 Å². The number of nitrogens with zero attached hydrogens (tertiary/aromatic N) is 1. The summed E-state index contributed by atoms with van der Waals surface area (Å²) in [6, 6.07) is 5.37. The number of benzene rings is 1. The number of aldehydes is 1. The number of amides is 2. The third kappa shape index (κ3) is 8.49. The van der Waals surface area contributed by atoms with E-state index in [4.69, 9.17) is 22.9 Å².